The van der Waals surface area contributed by atoms with E-state index in [0.717, 1.165) is 19.6 Å². The lowest BCUT2D eigenvalue weighted by molar-refractivity contribution is 0.518. The van der Waals surface area contributed by atoms with Crippen LogP contribution in [0.5, 0.6) is 0 Å². The summed E-state index contributed by atoms with van der Waals surface area (Å²) >= 11 is 0. The Balaban J connectivity index is 2.09. The Bertz CT molecular complexity index is 511. The van der Waals surface area contributed by atoms with Crippen LogP contribution in [0.1, 0.15) is 11.3 Å². The molecule has 1 aliphatic rings. The number of hydrogen-bond acceptors (Lipinski definition) is 1. The minimum Gasteiger partial charge on any atom is -0.348 e. The third-order valence-corrected chi connectivity index (χ3v) is 3.23. The zero-order chi connectivity index (χ0) is 11.0. The first-order valence-electron chi connectivity index (χ1n) is 5.80. The van der Waals surface area contributed by atoms with Gasteiger partial charge in [-0.05, 0) is 18.6 Å². The van der Waals surface area contributed by atoms with Crippen molar-refractivity contribution in [3.8, 4) is 11.1 Å². The van der Waals surface area contributed by atoms with E-state index in [9.17, 15) is 0 Å². The summed E-state index contributed by atoms with van der Waals surface area (Å²) in [5.41, 5.74) is 5.44. The van der Waals surface area contributed by atoms with Gasteiger partial charge in [0.25, 0.3) is 0 Å². The molecule has 2 nitrogen and oxygen atoms in total. The highest BCUT2D eigenvalue weighted by Gasteiger charge is 2.13. The first-order chi connectivity index (χ1) is 7.84. The summed E-state index contributed by atoms with van der Waals surface area (Å²) in [6, 6.07) is 11.0. The van der Waals surface area contributed by atoms with Crippen LogP contribution in [-0.4, -0.2) is 11.1 Å². The van der Waals surface area contributed by atoms with Crippen LogP contribution < -0.4 is 5.32 Å². The number of nitrogens with zero attached hydrogens (tertiary/aromatic N) is 1. The van der Waals surface area contributed by atoms with Crippen LogP contribution in [0.3, 0.4) is 0 Å². The molecule has 1 N–H and O–H groups in total. The Labute approximate surface area is 95.9 Å². The predicted molar refractivity (Wildman–Crippen MR) is 66.3 cm³/mol. The molecule has 2 heteroatoms. The average Bonchev–Trinajstić information content (AvgIpc) is 2.72. The Morgan fingerprint density at radius 2 is 2.19 bits per heavy atom. The molecular formula is C14H16N2. The third-order valence-electron chi connectivity index (χ3n) is 3.23. The van der Waals surface area contributed by atoms with Gasteiger partial charge in [-0.2, -0.15) is 0 Å². The van der Waals surface area contributed by atoms with Crippen LogP contribution in [-0.2, 0) is 13.1 Å². The summed E-state index contributed by atoms with van der Waals surface area (Å²) in [6.07, 6.45) is 2.20. The number of aromatic nitrogens is 1. The van der Waals surface area contributed by atoms with E-state index in [-0.39, 0.29) is 0 Å². The first-order valence-corrected chi connectivity index (χ1v) is 5.80. The van der Waals surface area contributed by atoms with Crippen LogP contribution in [0, 0.1) is 6.92 Å². The maximum Gasteiger partial charge on any atom is 0.0394 e. The number of aryl methyl sites for hydroxylation is 1. The van der Waals surface area contributed by atoms with E-state index < -0.39 is 0 Å². The number of hydrogen-bond donors (Lipinski definition) is 1. The molecule has 0 spiro atoms. The van der Waals surface area contributed by atoms with Crippen molar-refractivity contribution in [3.05, 3.63) is 47.8 Å². The molecule has 0 aliphatic carbocycles. The highest BCUT2D eigenvalue weighted by Crippen LogP contribution is 2.26. The van der Waals surface area contributed by atoms with E-state index in [1.807, 2.05) is 0 Å². The summed E-state index contributed by atoms with van der Waals surface area (Å²) in [5, 5.41) is 3.43. The smallest absolute Gasteiger partial charge is 0.0394 e. The van der Waals surface area contributed by atoms with Gasteiger partial charge in [-0.15, -0.1) is 0 Å². The van der Waals surface area contributed by atoms with Gasteiger partial charge in [-0.1, -0.05) is 29.8 Å². The molecule has 82 valence electrons. The first kappa shape index (κ1) is 9.67. The van der Waals surface area contributed by atoms with Gasteiger partial charge in [0.15, 0.2) is 0 Å². The fourth-order valence-corrected chi connectivity index (χ4v) is 2.39. The number of fused-ring (bicyclic) bond motifs is 1. The third kappa shape index (κ3) is 1.55. The number of rotatable bonds is 1. The van der Waals surface area contributed by atoms with Gasteiger partial charge in [-0.3, -0.25) is 0 Å². The SMILES string of the molecule is Cc1cccc(-c2ccn3c2CNCC3)c1. The minimum absolute atomic E-state index is 0.982. The van der Waals surface area contributed by atoms with Crippen molar-refractivity contribution in [2.75, 3.05) is 6.54 Å². The van der Waals surface area contributed by atoms with Gasteiger partial charge in [0.05, 0.1) is 0 Å². The second-order valence-corrected chi connectivity index (χ2v) is 4.42. The summed E-state index contributed by atoms with van der Waals surface area (Å²) in [5.74, 6) is 0. The molecule has 1 aromatic heterocycles. The zero-order valence-corrected chi connectivity index (χ0v) is 9.53. The highest BCUT2D eigenvalue weighted by molar-refractivity contribution is 5.67. The van der Waals surface area contributed by atoms with E-state index >= 15 is 0 Å². The van der Waals surface area contributed by atoms with Crippen molar-refractivity contribution in [3.63, 3.8) is 0 Å². The van der Waals surface area contributed by atoms with Crippen molar-refractivity contribution >= 4 is 0 Å². The molecule has 0 saturated heterocycles. The Morgan fingerprint density at radius 1 is 1.25 bits per heavy atom. The molecular weight excluding hydrogens is 196 g/mol. The number of nitrogens with one attached hydrogen (secondary N) is 1. The fourth-order valence-electron chi connectivity index (χ4n) is 2.39. The standard InChI is InChI=1S/C14H16N2/c1-11-3-2-4-12(9-11)13-5-7-16-8-6-15-10-14(13)16/h2-5,7,9,15H,6,8,10H2,1H3. The maximum absolute atomic E-state index is 3.43. The van der Waals surface area contributed by atoms with E-state index in [4.69, 9.17) is 0 Å². The topological polar surface area (TPSA) is 17.0 Å². The monoisotopic (exact) mass is 212 g/mol. The zero-order valence-electron chi connectivity index (χ0n) is 9.53. The molecule has 0 fully saturated rings. The van der Waals surface area contributed by atoms with Crippen molar-refractivity contribution in [2.45, 2.75) is 20.0 Å². The van der Waals surface area contributed by atoms with Crippen LogP contribution in [0.2, 0.25) is 0 Å². The second-order valence-electron chi connectivity index (χ2n) is 4.42. The van der Waals surface area contributed by atoms with Gasteiger partial charge in [-0.25, -0.2) is 0 Å². The van der Waals surface area contributed by atoms with E-state index in [1.54, 1.807) is 0 Å². The largest absolute Gasteiger partial charge is 0.348 e. The summed E-state index contributed by atoms with van der Waals surface area (Å²) in [4.78, 5) is 0. The molecule has 2 heterocycles. The fraction of sp³-hybridized carbons (Fsp3) is 0.286. The molecule has 0 saturated carbocycles. The van der Waals surface area contributed by atoms with Gasteiger partial charge >= 0.3 is 0 Å². The average molecular weight is 212 g/mol. The lowest BCUT2D eigenvalue weighted by Gasteiger charge is -2.18. The van der Waals surface area contributed by atoms with Crippen LogP contribution in [0.15, 0.2) is 36.5 Å². The minimum atomic E-state index is 0.982. The molecule has 16 heavy (non-hydrogen) atoms. The Kier molecular flexibility index (Phi) is 2.29. The normalized spacial score (nSPS) is 14.8. The molecule has 2 aromatic rings. The molecule has 3 rings (SSSR count). The van der Waals surface area contributed by atoms with Gasteiger partial charge in [0.2, 0.25) is 0 Å². The Morgan fingerprint density at radius 3 is 3.06 bits per heavy atom. The summed E-state index contributed by atoms with van der Waals surface area (Å²) in [6.45, 7) is 5.29. The number of benzene rings is 1. The molecule has 0 atom stereocenters. The van der Waals surface area contributed by atoms with Gasteiger partial charge in [0, 0.05) is 37.1 Å². The van der Waals surface area contributed by atoms with Crippen molar-refractivity contribution in [1.29, 1.82) is 0 Å². The quantitative estimate of drug-likeness (QED) is 0.768. The lowest BCUT2D eigenvalue weighted by atomic mass is 10.0. The van der Waals surface area contributed by atoms with Crippen LogP contribution >= 0.6 is 0 Å². The van der Waals surface area contributed by atoms with Crippen molar-refractivity contribution in [2.24, 2.45) is 0 Å². The molecule has 1 aliphatic heterocycles. The van der Waals surface area contributed by atoms with Crippen LogP contribution in [0.4, 0.5) is 0 Å². The van der Waals surface area contributed by atoms with E-state index in [1.165, 1.54) is 22.4 Å². The molecule has 0 bridgehead atoms. The van der Waals surface area contributed by atoms with Gasteiger partial charge < -0.3 is 9.88 Å². The van der Waals surface area contributed by atoms with E-state index in [2.05, 4.69) is 53.3 Å². The van der Waals surface area contributed by atoms with Crippen molar-refractivity contribution < 1.29 is 0 Å². The summed E-state index contributed by atoms with van der Waals surface area (Å²) < 4.78 is 2.36. The predicted octanol–water partition coefficient (Wildman–Crippen LogP) is 2.57. The maximum atomic E-state index is 3.43. The second kappa shape index (κ2) is 3.80. The van der Waals surface area contributed by atoms with E-state index in [0.29, 0.717) is 0 Å². The van der Waals surface area contributed by atoms with Crippen LogP contribution in [0.25, 0.3) is 11.1 Å². The summed E-state index contributed by atoms with van der Waals surface area (Å²) in [7, 11) is 0. The molecule has 1 aromatic carbocycles. The lowest BCUT2D eigenvalue weighted by Crippen LogP contribution is -2.27. The molecule has 0 radical (unpaired) electrons. The molecule has 0 unspecified atom stereocenters. The highest BCUT2D eigenvalue weighted by atomic mass is 15.1. The van der Waals surface area contributed by atoms with Gasteiger partial charge in [0.1, 0.15) is 0 Å². The van der Waals surface area contributed by atoms with Crippen molar-refractivity contribution in [1.82, 2.24) is 9.88 Å². The molecule has 0 amide bonds. The Hall–Kier alpha value is -1.54.